The van der Waals surface area contributed by atoms with E-state index in [1.807, 2.05) is 6.92 Å². The number of unbranched alkanes of at least 4 members (excludes halogenated alkanes) is 1. The fourth-order valence-corrected chi connectivity index (χ4v) is 2.07. The Kier molecular flexibility index (Phi) is 10.7. The van der Waals surface area contributed by atoms with Crippen LogP contribution >= 0.6 is 0 Å². The minimum atomic E-state index is -0.685. The lowest BCUT2D eigenvalue weighted by atomic mass is 9.95. The SMILES string of the molecule is CCCCC(CC)COCCCC(O)(CC)CN. The van der Waals surface area contributed by atoms with Crippen molar-refractivity contribution in [2.75, 3.05) is 19.8 Å². The van der Waals surface area contributed by atoms with E-state index in [4.69, 9.17) is 10.5 Å². The van der Waals surface area contributed by atoms with E-state index in [2.05, 4.69) is 13.8 Å². The Morgan fingerprint density at radius 2 is 1.94 bits per heavy atom. The normalized spacial score (nSPS) is 16.5. The summed E-state index contributed by atoms with van der Waals surface area (Å²) >= 11 is 0. The fraction of sp³-hybridized carbons (Fsp3) is 1.00. The van der Waals surface area contributed by atoms with Gasteiger partial charge in [0.2, 0.25) is 0 Å². The Morgan fingerprint density at radius 3 is 2.44 bits per heavy atom. The Balaban J connectivity index is 3.59. The van der Waals surface area contributed by atoms with E-state index >= 15 is 0 Å². The molecule has 0 aromatic heterocycles. The van der Waals surface area contributed by atoms with Crippen molar-refractivity contribution in [1.82, 2.24) is 0 Å². The minimum absolute atomic E-state index is 0.345. The first-order valence-corrected chi connectivity index (χ1v) is 7.62. The molecule has 18 heavy (non-hydrogen) atoms. The third kappa shape index (κ3) is 8.06. The number of aliphatic hydroxyl groups is 1. The van der Waals surface area contributed by atoms with Crippen LogP contribution in [0.4, 0.5) is 0 Å². The van der Waals surface area contributed by atoms with Crippen molar-refractivity contribution >= 4 is 0 Å². The van der Waals surface area contributed by atoms with Crippen molar-refractivity contribution < 1.29 is 9.84 Å². The average molecular weight is 259 g/mol. The highest BCUT2D eigenvalue weighted by Gasteiger charge is 2.21. The monoisotopic (exact) mass is 259 g/mol. The van der Waals surface area contributed by atoms with E-state index in [0.29, 0.717) is 12.5 Å². The van der Waals surface area contributed by atoms with Crippen molar-refractivity contribution in [3.05, 3.63) is 0 Å². The second kappa shape index (κ2) is 10.8. The lowest BCUT2D eigenvalue weighted by Gasteiger charge is -2.24. The first-order chi connectivity index (χ1) is 8.61. The number of ether oxygens (including phenoxy) is 1. The molecule has 0 rings (SSSR count). The van der Waals surface area contributed by atoms with Crippen LogP contribution in [0.3, 0.4) is 0 Å². The van der Waals surface area contributed by atoms with Gasteiger partial charge >= 0.3 is 0 Å². The number of hydrogen-bond donors (Lipinski definition) is 2. The summed E-state index contributed by atoms with van der Waals surface area (Å²) in [4.78, 5) is 0. The summed E-state index contributed by atoms with van der Waals surface area (Å²) < 4.78 is 5.72. The van der Waals surface area contributed by atoms with Gasteiger partial charge in [-0.05, 0) is 31.6 Å². The van der Waals surface area contributed by atoms with Gasteiger partial charge in [0.15, 0.2) is 0 Å². The Bertz CT molecular complexity index is 181. The molecule has 0 aliphatic carbocycles. The summed E-state index contributed by atoms with van der Waals surface area (Å²) in [6, 6.07) is 0. The topological polar surface area (TPSA) is 55.5 Å². The molecule has 3 N–H and O–H groups in total. The molecule has 0 heterocycles. The average Bonchev–Trinajstić information content (AvgIpc) is 2.41. The molecule has 0 spiro atoms. The quantitative estimate of drug-likeness (QED) is 0.530. The van der Waals surface area contributed by atoms with E-state index in [-0.39, 0.29) is 0 Å². The molecule has 0 aliphatic heterocycles. The molecule has 110 valence electrons. The molecular formula is C15H33NO2. The van der Waals surface area contributed by atoms with E-state index < -0.39 is 5.60 Å². The third-order valence-electron chi connectivity index (χ3n) is 3.87. The van der Waals surface area contributed by atoms with Gasteiger partial charge in [-0.25, -0.2) is 0 Å². The van der Waals surface area contributed by atoms with Crippen LogP contribution < -0.4 is 5.73 Å². The van der Waals surface area contributed by atoms with Gasteiger partial charge in [0.1, 0.15) is 0 Å². The summed E-state index contributed by atoms with van der Waals surface area (Å²) in [6.07, 6.45) is 7.38. The van der Waals surface area contributed by atoms with Crippen LogP contribution in [0.15, 0.2) is 0 Å². The van der Waals surface area contributed by atoms with Crippen molar-refractivity contribution in [3.63, 3.8) is 0 Å². The van der Waals surface area contributed by atoms with E-state index in [1.165, 1.54) is 25.7 Å². The van der Waals surface area contributed by atoms with Crippen LogP contribution in [0, 0.1) is 5.92 Å². The highest BCUT2D eigenvalue weighted by atomic mass is 16.5. The molecule has 0 amide bonds. The number of nitrogens with two attached hydrogens (primary N) is 1. The molecule has 0 saturated heterocycles. The molecule has 0 aliphatic rings. The second-order valence-corrected chi connectivity index (χ2v) is 5.38. The van der Waals surface area contributed by atoms with Crippen LogP contribution in [0.2, 0.25) is 0 Å². The van der Waals surface area contributed by atoms with Gasteiger partial charge in [-0.15, -0.1) is 0 Å². The molecule has 0 saturated carbocycles. The maximum absolute atomic E-state index is 10.0. The van der Waals surface area contributed by atoms with Crippen molar-refractivity contribution in [1.29, 1.82) is 0 Å². The third-order valence-corrected chi connectivity index (χ3v) is 3.87. The summed E-state index contributed by atoms with van der Waals surface area (Å²) in [6.45, 7) is 8.39. The molecular weight excluding hydrogens is 226 g/mol. The minimum Gasteiger partial charge on any atom is -0.389 e. The van der Waals surface area contributed by atoms with Crippen LogP contribution in [0.1, 0.15) is 65.7 Å². The zero-order valence-corrected chi connectivity index (χ0v) is 12.6. The van der Waals surface area contributed by atoms with E-state index in [9.17, 15) is 5.11 Å². The van der Waals surface area contributed by atoms with Crippen LogP contribution in [0.25, 0.3) is 0 Å². The molecule has 2 unspecified atom stereocenters. The van der Waals surface area contributed by atoms with Crippen molar-refractivity contribution in [3.8, 4) is 0 Å². The first kappa shape index (κ1) is 17.9. The Morgan fingerprint density at radius 1 is 1.22 bits per heavy atom. The molecule has 0 fully saturated rings. The van der Waals surface area contributed by atoms with Gasteiger partial charge in [0.25, 0.3) is 0 Å². The highest BCUT2D eigenvalue weighted by Crippen LogP contribution is 2.16. The van der Waals surface area contributed by atoms with Gasteiger partial charge in [-0.2, -0.15) is 0 Å². The predicted octanol–water partition coefficient (Wildman–Crippen LogP) is 3.10. The lowest BCUT2D eigenvalue weighted by molar-refractivity contribution is 0.0197. The molecule has 0 radical (unpaired) electrons. The molecule has 2 atom stereocenters. The Hall–Kier alpha value is -0.120. The van der Waals surface area contributed by atoms with Crippen molar-refractivity contribution in [2.24, 2.45) is 11.7 Å². The summed E-state index contributed by atoms with van der Waals surface area (Å²) in [5.41, 5.74) is 4.88. The zero-order valence-electron chi connectivity index (χ0n) is 12.6. The summed E-state index contributed by atoms with van der Waals surface area (Å²) in [5.74, 6) is 0.699. The van der Waals surface area contributed by atoms with Gasteiger partial charge in [-0.1, -0.05) is 40.0 Å². The zero-order chi connectivity index (χ0) is 13.9. The van der Waals surface area contributed by atoms with Crippen LogP contribution in [0.5, 0.6) is 0 Å². The largest absolute Gasteiger partial charge is 0.389 e. The fourth-order valence-electron chi connectivity index (χ4n) is 2.07. The predicted molar refractivity (Wildman–Crippen MR) is 77.7 cm³/mol. The maximum Gasteiger partial charge on any atom is 0.0767 e. The van der Waals surface area contributed by atoms with Gasteiger partial charge in [-0.3, -0.25) is 0 Å². The molecule has 0 bridgehead atoms. The molecule has 0 aromatic carbocycles. The van der Waals surface area contributed by atoms with Crippen LogP contribution in [-0.2, 0) is 4.74 Å². The van der Waals surface area contributed by atoms with E-state index in [1.54, 1.807) is 0 Å². The second-order valence-electron chi connectivity index (χ2n) is 5.38. The molecule has 0 aromatic rings. The molecule has 3 nitrogen and oxygen atoms in total. The maximum atomic E-state index is 10.0. The van der Waals surface area contributed by atoms with Crippen molar-refractivity contribution in [2.45, 2.75) is 71.3 Å². The highest BCUT2D eigenvalue weighted by molar-refractivity contribution is 4.77. The first-order valence-electron chi connectivity index (χ1n) is 7.62. The number of hydrogen-bond acceptors (Lipinski definition) is 3. The van der Waals surface area contributed by atoms with Gasteiger partial charge in [0.05, 0.1) is 5.60 Å². The van der Waals surface area contributed by atoms with Crippen LogP contribution in [-0.4, -0.2) is 30.5 Å². The van der Waals surface area contributed by atoms with Gasteiger partial charge < -0.3 is 15.6 Å². The number of rotatable bonds is 12. The smallest absolute Gasteiger partial charge is 0.0767 e. The summed E-state index contributed by atoms with van der Waals surface area (Å²) in [5, 5.41) is 10.0. The van der Waals surface area contributed by atoms with E-state index in [0.717, 1.165) is 32.5 Å². The lowest BCUT2D eigenvalue weighted by Crippen LogP contribution is -2.37. The van der Waals surface area contributed by atoms with Gasteiger partial charge in [0, 0.05) is 19.8 Å². The summed E-state index contributed by atoms with van der Waals surface area (Å²) in [7, 11) is 0. The standard InChI is InChI=1S/C15H33NO2/c1-4-7-9-14(5-2)12-18-11-8-10-15(17,6-3)13-16/h14,17H,4-13,16H2,1-3H3. The molecule has 3 heteroatoms. The Labute approximate surface area is 113 Å².